The number of benzene rings is 1. The van der Waals surface area contributed by atoms with Gasteiger partial charge in [0.25, 0.3) is 0 Å². The number of Topliss-reactive ketones (excluding diaryl/α,β-unsaturated/α-hetero) is 1. The van der Waals surface area contributed by atoms with E-state index in [4.69, 9.17) is 0 Å². The third kappa shape index (κ3) is 1.88. The highest BCUT2D eigenvalue weighted by Gasteiger charge is 2.18. The fourth-order valence-corrected chi connectivity index (χ4v) is 3.49. The van der Waals surface area contributed by atoms with Crippen LogP contribution in [0.25, 0.3) is 20.9 Å². The van der Waals surface area contributed by atoms with Gasteiger partial charge in [-0.3, -0.25) is 4.79 Å². The maximum absolute atomic E-state index is 11.7. The van der Waals surface area contributed by atoms with Crippen LogP contribution in [-0.4, -0.2) is 15.8 Å². The number of ketones is 1. The summed E-state index contributed by atoms with van der Waals surface area (Å²) in [6, 6.07) is 8.07. The number of H-pyrrole nitrogens is 1. The Hall–Kier alpha value is -1.94. The Kier molecular flexibility index (Phi) is 2.75. The highest BCUT2D eigenvalue weighted by atomic mass is 32.1. The summed E-state index contributed by atoms with van der Waals surface area (Å²) in [6.07, 6.45) is 0. The van der Waals surface area contributed by atoms with Crippen molar-refractivity contribution < 1.29 is 4.79 Å². The highest BCUT2D eigenvalue weighted by molar-refractivity contribution is 7.21. The van der Waals surface area contributed by atoms with Gasteiger partial charge in [-0.1, -0.05) is 12.1 Å². The van der Waals surface area contributed by atoms with E-state index in [1.54, 1.807) is 18.3 Å². The summed E-state index contributed by atoms with van der Waals surface area (Å²) in [6.45, 7) is 5.51. The lowest BCUT2D eigenvalue weighted by atomic mass is 10.1. The van der Waals surface area contributed by atoms with Gasteiger partial charge in [0.2, 0.25) is 0 Å². The predicted octanol–water partition coefficient (Wildman–Crippen LogP) is 4.11. The minimum Gasteiger partial charge on any atom is -0.356 e. The Morgan fingerprint density at radius 2 is 2.00 bits per heavy atom. The van der Waals surface area contributed by atoms with Crippen molar-refractivity contribution in [2.75, 3.05) is 0 Å². The zero-order chi connectivity index (χ0) is 13.6. The van der Waals surface area contributed by atoms with Gasteiger partial charge in [0.05, 0.1) is 15.9 Å². The molecule has 0 atom stereocenters. The Morgan fingerprint density at radius 1 is 1.26 bits per heavy atom. The van der Waals surface area contributed by atoms with Crippen LogP contribution in [0.4, 0.5) is 0 Å². The van der Waals surface area contributed by atoms with Crippen LogP contribution in [0.2, 0.25) is 0 Å². The first-order valence-electron chi connectivity index (χ1n) is 6.14. The fourth-order valence-electron chi connectivity index (χ4n) is 2.47. The molecular weight excluding hydrogens is 256 g/mol. The number of rotatable bonds is 2. The molecule has 0 spiro atoms. The number of thiazole rings is 1. The first-order valence-corrected chi connectivity index (χ1v) is 6.95. The van der Waals surface area contributed by atoms with Gasteiger partial charge in [0.15, 0.2) is 5.78 Å². The van der Waals surface area contributed by atoms with Crippen molar-refractivity contribution in [3.8, 4) is 10.7 Å². The minimum absolute atomic E-state index is 0.0959. The molecule has 2 aromatic heterocycles. The number of carbonyl (C=O) groups is 1. The number of fused-ring (bicyclic) bond motifs is 1. The first kappa shape index (κ1) is 12.1. The molecule has 1 N–H and O–H groups in total. The predicted molar refractivity (Wildman–Crippen MR) is 78.9 cm³/mol. The molecule has 3 nitrogen and oxygen atoms in total. The van der Waals surface area contributed by atoms with Gasteiger partial charge in [-0.15, -0.1) is 11.3 Å². The quantitative estimate of drug-likeness (QED) is 0.712. The van der Waals surface area contributed by atoms with Crippen molar-refractivity contribution in [2.45, 2.75) is 20.8 Å². The summed E-state index contributed by atoms with van der Waals surface area (Å²) in [7, 11) is 0. The number of carbonyl (C=O) groups excluding carboxylic acids is 1. The zero-order valence-corrected chi connectivity index (χ0v) is 11.9. The Bertz CT molecular complexity index is 750. The maximum Gasteiger partial charge on any atom is 0.161 e. The van der Waals surface area contributed by atoms with Crippen molar-refractivity contribution in [1.29, 1.82) is 0 Å². The fraction of sp³-hybridized carbons (Fsp3) is 0.200. The molecule has 3 aromatic rings. The van der Waals surface area contributed by atoms with E-state index in [9.17, 15) is 4.79 Å². The second-order valence-electron chi connectivity index (χ2n) is 4.67. The summed E-state index contributed by atoms with van der Waals surface area (Å²) in [5, 5.41) is 0.939. The van der Waals surface area contributed by atoms with Crippen LogP contribution in [0, 0.1) is 13.8 Å². The molecule has 0 saturated carbocycles. The lowest BCUT2D eigenvalue weighted by molar-refractivity contribution is 0.101. The maximum atomic E-state index is 11.7. The van der Waals surface area contributed by atoms with Crippen molar-refractivity contribution in [3.63, 3.8) is 0 Å². The average molecular weight is 270 g/mol. The highest BCUT2D eigenvalue weighted by Crippen LogP contribution is 2.33. The third-order valence-electron chi connectivity index (χ3n) is 3.30. The second kappa shape index (κ2) is 4.31. The van der Waals surface area contributed by atoms with Crippen LogP contribution < -0.4 is 0 Å². The minimum atomic E-state index is 0.0959. The first-order chi connectivity index (χ1) is 9.08. The topological polar surface area (TPSA) is 45.8 Å². The molecule has 0 saturated heterocycles. The normalized spacial score (nSPS) is 11.1. The molecule has 0 aliphatic carbocycles. The number of hydrogen-bond acceptors (Lipinski definition) is 3. The van der Waals surface area contributed by atoms with Gasteiger partial charge >= 0.3 is 0 Å². The van der Waals surface area contributed by atoms with Gasteiger partial charge < -0.3 is 4.98 Å². The number of nitrogens with zero attached hydrogens (tertiary/aromatic N) is 1. The molecule has 0 unspecified atom stereocenters. The van der Waals surface area contributed by atoms with Gasteiger partial charge in [-0.2, -0.15) is 0 Å². The van der Waals surface area contributed by atoms with Gasteiger partial charge in [-0.05, 0) is 38.5 Å². The summed E-state index contributed by atoms with van der Waals surface area (Å²) in [5.74, 6) is 0.0959. The lowest BCUT2D eigenvalue weighted by Gasteiger charge is -1.96. The third-order valence-corrected chi connectivity index (χ3v) is 4.35. The van der Waals surface area contributed by atoms with E-state index in [1.165, 1.54) is 0 Å². The molecule has 1 aromatic carbocycles. The van der Waals surface area contributed by atoms with E-state index in [0.29, 0.717) is 0 Å². The molecule has 2 heterocycles. The number of hydrogen-bond donors (Lipinski definition) is 1. The molecule has 3 rings (SSSR count). The molecule has 0 fully saturated rings. The van der Waals surface area contributed by atoms with Crippen LogP contribution >= 0.6 is 11.3 Å². The Labute approximate surface area is 115 Å². The Morgan fingerprint density at radius 3 is 2.63 bits per heavy atom. The van der Waals surface area contributed by atoms with Crippen LogP contribution in [0.5, 0.6) is 0 Å². The van der Waals surface area contributed by atoms with Crippen molar-refractivity contribution in [2.24, 2.45) is 0 Å². The lowest BCUT2D eigenvalue weighted by Crippen LogP contribution is -1.94. The number of para-hydroxylation sites is 1. The van der Waals surface area contributed by atoms with Crippen LogP contribution in [0.15, 0.2) is 24.3 Å². The number of nitrogens with one attached hydrogen (secondary N) is 1. The molecule has 0 aliphatic rings. The molecule has 0 aliphatic heterocycles. The number of aromatic nitrogens is 2. The number of aromatic amines is 1. The largest absolute Gasteiger partial charge is 0.356 e. The van der Waals surface area contributed by atoms with E-state index in [-0.39, 0.29) is 5.78 Å². The monoisotopic (exact) mass is 270 g/mol. The van der Waals surface area contributed by atoms with Crippen LogP contribution in [-0.2, 0) is 0 Å². The van der Waals surface area contributed by atoms with Crippen molar-refractivity contribution in [3.05, 3.63) is 41.1 Å². The summed E-state index contributed by atoms with van der Waals surface area (Å²) in [5.41, 5.74) is 4.65. The van der Waals surface area contributed by atoms with E-state index >= 15 is 0 Å². The van der Waals surface area contributed by atoms with E-state index in [2.05, 4.69) is 16.0 Å². The standard InChI is InChI=1S/C15H14N2OS/c1-8-13(10(3)18)9(2)16-14(8)15-17-11-6-4-5-7-12(11)19-15/h4-7,16H,1-3H3. The molecular formula is C15H14N2OS. The summed E-state index contributed by atoms with van der Waals surface area (Å²) < 4.78 is 1.16. The molecule has 0 radical (unpaired) electrons. The van der Waals surface area contributed by atoms with E-state index < -0.39 is 0 Å². The van der Waals surface area contributed by atoms with Gasteiger partial charge in [0.1, 0.15) is 5.01 Å². The van der Waals surface area contributed by atoms with Crippen LogP contribution in [0.1, 0.15) is 28.5 Å². The Balaban J connectivity index is 2.22. The van der Waals surface area contributed by atoms with E-state index in [1.807, 2.05) is 32.0 Å². The van der Waals surface area contributed by atoms with Crippen LogP contribution in [0.3, 0.4) is 0 Å². The molecule has 0 amide bonds. The smallest absolute Gasteiger partial charge is 0.161 e. The zero-order valence-electron chi connectivity index (χ0n) is 11.1. The summed E-state index contributed by atoms with van der Waals surface area (Å²) in [4.78, 5) is 19.6. The average Bonchev–Trinajstić information content (AvgIpc) is 2.89. The number of aryl methyl sites for hydroxylation is 1. The van der Waals surface area contributed by atoms with Gasteiger partial charge in [0, 0.05) is 11.3 Å². The SMILES string of the molecule is CC(=O)c1c(C)[nH]c(-c2nc3ccccc3s2)c1C. The van der Waals surface area contributed by atoms with E-state index in [0.717, 1.165) is 37.7 Å². The van der Waals surface area contributed by atoms with Crippen molar-refractivity contribution in [1.82, 2.24) is 9.97 Å². The molecule has 19 heavy (non-hydrogen) atoms. The molecule has 4 heteroatoms. The molecule has 96 valence electrons. The van der Waals surface area contributed by atoms with Gasteiger partial charge in [-0.25, -0.2) is 4.98 Å². The summed E-state index contributed by atoms with van der Waals surface area (Å²) >= 11 is 1.64. The van der Waals surface area contributed by atoms with Crippen molar-refractivity contribution >= 4 is 27.3 Å². The molecule has 0 bridgehead atoms. The second-order valence-corrected chi connectivity index (χ2v) is 5.70.